The summed E-state index contributed by atoms with van der Waals surface area (Å²) in [7, 11) is 0. The highest BCUT2D eigenvalue weighted by atomic mass is 16.1. The van der Waals surface area contributed by atoms with E-state index in [-0.39, 0.29) is 5.41 Å². The van der Waals surface area contributed by atoms with Gasteiger partial charge in [0.05, 0.1) is 0 Å². The summed E-state index contributed by atoms with van der Waals surface area (Å²) in [5.74, 6) is 0.367. The Morgan fingerprint density at radius 3 is 2.69 bits per heavy atom. The van der Waals surface area contributed by atoms with Crippen LogP contribution in [-0.4, -0.2) is 10.8 Å². The predicted molar refractivity (Wildman–Crippen MR) is 64.1 cm³/mol. The van der Waals surface area contributed by atoms with Crippen molar-refractivity contribution in [2.45, 2.75) is 45.4 Å². The van der Waals surface area contributed by atoms with E-state index in [1.165, 1.54) is 19.3 Å². The molecule has 0 aliphatic heterocycles. The highest BCUT2D eigenvalue weighted by Gasteiger charge is 2.33. The largest absolute Gasteiger partial charge is 0.299 e. The molecule has 0 unspecified atom stereocenters. The molecule has 0 bridgehead atoms. The molecule has 2 nitrogen and oxygen atoms in total. The first-order chi connectivity index (χ1) is 7.71. The third kappa shape index (κ3) is 2.49. The van der Waals surface area contributed by atoms with Crippen LogP contribution < -0.4 is 0 Å². The van der Waals surface area contributed by atoms with Crippen LogP contribution >= 0.6 is 0 Å². The van der Waals surface area contributed by atoms with Crippen LogP contribution in [0, 0.1) is 5.41 Å². The predicted octanol–water partition coefficient (Wildman–Crippen LogP) is 3.16. The fourth-order valence-corrected chi connectivity index (χ4v) is 2.49. The van der Waals surface area contributed by atoms with Gasteiger partial charge in [0, 0.05) is 23.7 Å². The van der Waals surface area contributed by atoms with Crippen molar-refractivity contribution >= 4 is 5.78 Å². The van der Waals surface area contributed by atoms with Gasteiger partial charge in [-0.2, -0.15) is 0 Å². The molecule has 0 N–H and O–H groups in total. The molecule has 1 aliphatic rings. The van der Waals surface area contributed by atoms with Gasteiger partial charge in [0.25, 0.3) is 0 Å². The van der Waals surface area contributed by atoms with E-state index in [0.29, 0.717) is 12.2 Å². The van der Waals surface area contributed by atoms with Gasteiger partial charge >= 0.3 is 0 Å². The van der Waals surface area contributed by atoms with Crippen LogP contribution in [0.25, 0.3) is 0 Å². The molecule has 16 heavy (non-hydrogen) atoms. The van der Waals surface area contributed by atoms with Crippen molar-refractivity contribution in [3.8, 4) is 0 Å². The van der Waals surface area contributed by atoms with Crippen LogP contribution in [0.3, 0.4) is 0 Å². The van der Waals surface area contributed by atoms with Crippen LogP contribution in [0.1, 0.15) is 44.7 Å². The summed E-state index contributed by atoms with van der Waals surface area (Å²) in [5, 5.41) is 0. The second kappa shape index (κ2) is 4.77. The lowest BCUT2D eigenvalue weighted by Crippen LogP contribution is -2.31. The maximum absolute atomic E-state index is 12.2. The normalized spacial score (nSPS) is 19.3. The van der Waals surface area contributed by atoms with Crippen molar-refractivity contribution in [2.24, 2.45) is 5.41 Å². The minimum absolute atomic E-state index is 0.0875. The van der Waals surface area contributed by atoms with Crippen LogP contribution in [0.4, 0.5) is 0 Å². The SMILES string of the molecule is CC1(C(=O)Cc2ccccn2)CCCCC1. The number of nitrogens with zero attached hydrogens (tertiary/aromatic N) is 1. The summed E-state index contributed by atoms with van der Waals surface area (Å²) in [6.45, 7) is 2.12. The van der Waals surface area contributed by atoms with Crippen molar-refractivity contribution in [2.75, 3.05) is 0 Å². The topological polar surface area (TPSA) is 30.0 Å². The van der Waals surface area contributed by atoms with Gasteiger partial charge in [-0.1, -0.05) is 32.3 Å². The van der Waals surface area contributed by atoms with Gasteiger partial charge in [-0.25, -0.2) is 0 Å². The molecule has 2 rings (SSSR count). The molecule has 2 heteroatoms. The standard InChI is InChI=1S/C14H19NO/c1-14(8-4-2-5-9-14)13(16)11-12-7-3-6-10-15-12/h3,6-7,10H,2,4-5,8-9,11H2,1H3. The molecule has 0 radical (unpaired) electrons. The van der Waals surface area contributed by atoms with E-state index < -0.39 is 0 Å². The highest BCUT2D eigenvalue weighted by molar-refractivity contribution is 5.86. The number of rotatable bonds is 3. The lowest BCUT2D eigenvalue weighted by Gasteiger charge is -2.31. The molecular formula is C14H19NO. The molecule has 1 fully saturated rings. The Labute approximate surface area is 97.1 Å². The maximum atomic E-state index is 12.2. The smallest absolute Gasteiger partial charge is 0.144 e. The maximum Gasteiger partial charge on any atom is 0.144 e. The second-order valence-electron chi connectivity index (χ2n) is 5.04. The van der Waals surface area contributed by atoms with Gasteiger partial charge in [-0.05, 0) is 25.0 Å². The Hall–Kier alpha value is -1.18. The Balaban J connectivity index is 2.02. The summed E-state index contributed by atoms with van der Waals surface area (Å²) < 4.78 is 0. The first-order valence-electron chi connectivity index (χ1n) is 6.14. The summed E-state index contributed by atoms with van der Waals surface area (Å²) in [6, 6.07) is 5.76. The molecule has 0 aromatic carbocycles. The van der Waals surface area contributed by atoms with E-state index in [1.54, 1.807) is 6.20 Å². The third-order valence-electron chi connectivity index (χ3n) is 3.70. The van der Waals surface area contributed by atoms with E-state index in [1.807, 2.05) is 18.2 Å². The van der Waals surface area contributed by atoms with Crippen molar-refractivity contribution in [1.29, 1.82) is 0 Å². The average molecular weight is 217 g/mol. The monoisotopic (exact) mass is 217 g/mol. The minimum atomic E-state index is -0.0875. The molecule has 1 aromatic rings. The summed E-state index contributed by atoms with van der Waals surface area (Å²) >= 11 is 0. The van der Waals surface area contributed by atoms with Crippen molar-refractivity contribution in [3.05, 3.63) is 30.1 Å². The van der Waals surface area contributed by atoms with E-state index in [0.717, 1.165) is 18.5 Å². The summed E-state index contributed by atoms with van der Waals surface area (Å²) in [4.78, 5) is 16.5. The number of carbonyl (C=O) groups is 1. The quantitative estimate of drug-likeness (QED) is 0.778. The lowest BCUT2D eigenvalue weighted by molar-refractivity contribution is -0.128. The van der Waals surface area contributed by atoms with Crippen LogP contribution in [0.15, 0.2) is 24.4 Å². The Morgan fingerprint density at radius 1 is 1.31 bits per heavy atom. The number of Topliss-reactive ketones (excluding diaryl/α,β-unsaturated/α-hetero) is 1. The van der Waals surface area contributed by atoms with E-state index in [2.05, 4.69) is 11.9 Å². The van der Waals surface area contributed by atoms with Crippen LogP contribution in [0.5, 0.6) is 0 Å². The van der Waals surface area contributed by atoms with E-state index in [4.69, 9.17) is 0 Å². The average Bonchev–Trinajstić information content (AvgIpc) is 2.31. The number of pyridine rings is 1. The van der Waals surface area contributed by atoms with Gasteiger partial charge in [-0.15, -0.1) is 0 Å². The molecule has 0 spiro atoms. The molecule has 0 saturated heterocycles. The second-order valence-corrected chi connectivity index (χ2v) is 5.04. The van der Waals surface area contributed by atoms with Crippen LogP contribution in [0.2, 0.25) is 0 Å². The lowest BCUT2D eigenvalue weighted by atomic mass is 9.72. The number of carbonyl (C=O) groups excluding carboxylic acids is 1. The molecular weight excluding hydrogens is 198 g/mol. The first-order valence-corrected chi connectivity index (χ1v) is 6.14. The van der Waals surface area contributed by atoms with E-state index in [9.17, 15) is 4.79 Å². The van der Waals surface area contributed by atoms with Gasteiger partial charge in [-0.3, -0.25) is 9.78 Å². The van der Waals surface area contributed by atoms with Crippen molar-refractivity contribution in [3.63, 3.8) is 0 Å². The Kier molecular flexibility index (Phi) is 3.37. The van der Waals surface area contributed by atoms with Crippen molar-refractivity contribution < 1.29 is 4.79 Å². The van der Waals surface area contributed by atoms with Gasteiger partial charge in [0.1, 0.15) is 5.78 Å². The van der Waals surface area contributed by atoms with Gasteiger partial charge in [0.2, 0.25) is 0 Å². The Bertz CT molecular complexity index is 352. The number of hydrogen-bond donors (Lipinski definition) is 0. The fraction of sp³-hybridized carbons (Fsp3) is 0.571. The molecule has 86 valence electrons. The van der Waals surface area contributed by atoms with Gasteiger partial charge < -0.3 is 0 Å². The first kappa shape index (κ1) is 11.3. The Morgan fingerprint density at radius 2 is 2.06 bits per heavy atom. The third-order valence-corrected chi connectivity index (χ3v) is 3.70. The molecule has 1 heterocycles. The molecule has 1 aromatic heterocycles. The molecule has 1 saturated carbocycles. The van der Waals surface area contributed by atoms with E-state index >= 15 is 0 Å². The van der Waals surface area contributed by atoms with Crippen LogP contribution in [-0.2, 0) is 11.2 Å². The summed E-state index contributed by atoms with van der Waals surface area (Å²) in [6.07, 6.45) is 8.04. The highest BCUT2D eigenvalue weighted by Crippen LogP contribution is 2.37. The van der Waals surface area contributed by atoms with Gasteiger partial charge in [0.15, 0.2) is 0 Å². The molecule has 0 atom stereocenters. The number of ketones is 1. The minimum Gasteiger partial charge on any atom is -0.299 e. The zero-order valence-corrected chi connectivity index (χ0v) is 9.91. The number of aromatic nitrogens is 1. The molecule has 0 amide bonds. The zero-order valence-electron chi connectivity index (χ0n) is 9.91. The fourth-order valence-electron chi connectivity index (χ4n) is 2.49. The zero-order chi connectivity index (χ0) is 11.4. The van der Waals surface area contributed by atoms with Crippen molar-refractivity contribution in [1.82, 2.24) is 4.98 Å². The molecule has 1 aliphatic carbocycles. The summed E-state index contributed by atoms with van der Waals surface area (Å²) in [5.41, 5.74) is 0.815. The number of hydrogen-bond acceptors (Lipinski definition) is 2.